The summed E-state index contributed by atoms with van der Waals surface area (Å²) in [4.78, 5) is 31.3. The Morgan fingerprint density at radius 2 is 2.05 bits per heavy atom. The van der Waals surface area contributed by atoms with Gasteiger partial charge in [0.05, 0.1) is 13.2 Å². The molecule has 0 unspecified atom stereocenters. The summed E-state index contributed by atoms with van der Waals surface area (Å²) in [5.41, 5.74) is 1.01. The van der Waals surface area contributed by atoms with Gasteiger partial charge in [-0.15, -0.1) is 0 Å². The van der Waals surface area contributed by atoms with Gasteiger partial charge in [0.1, 0.15) is 12.6 Å². The van der Waals surface area contributed by atoms with E-state index < -0.39 is 6.04 Å². The lowest BCUT2D eigenvalue weighted by Crippen LogP contribution is -2.45. The van der Waals surface area contributed by atoms with Gasteiger partial charge in [0.25, 0.3) is 0 Å². The average molecular weight is 290 g/mol. The Hall–Kier alpha value is -2.08. The van der Waals surface area contributed by atoms with Gasteiger partial charge in [-0.1, -0.05) is 30.3 Å². The minimum Gasteiger partial charge on any atom is -0.467 e. The smallest absolute Gasteiger partial charge is 0.345 e. The molecule has 21 heavy (non-hydrogen) atoms. The highest BCUT2D eigenvalue weighted by Crippen LogP contribution is 2.30. The first kappa shape index (κ1) is 13.9. The Kier molecular flexibility index (Phi) is 3.79. The van der Waals surface area contributed by atoms with Crippen molar-refractivity contribution in [3.05, 3.63) is 35.9 Å². The molecule has 6 nitrogen and oxygen atoms in total. The Balaban J connectivity index is 1.66. The minimum absolute atomic E-state index is 0.0159. The minimum atomic E-state index is -0.482. The zero-order chi connectivity index (χ0) is 14.8. The molecule has 0 spiro atoms. The fourth-order valence-corrected chi connectivity index (χ4v) is 2.90. The van der Waals surface area contributed by atoms with Crippen LogP contribution in [0.4, 0.5) is 4.79 Å². The fourth-order valence-electron chi connectivity index (χ4n) is 2.90. The third-order valence-corrected chi connectivity index (χ3v) is 4.01. The summed E-state index contributed by atoms with van der Waals surface area (Å²) in [6, 6.07) is 8.98. The summed E-state index contributed by atoms with van der Waals surface area (Å²) >= 11 is 0. The van der Waals surface area contributed by atoms with Crippen molar-refractivity contribution in [3.8, 4) is 0 Å². The Bertz CT molecular complexity index is 534. The zero-order valence-electron chi connectivity index (χ0n) is 11.9. The maximum absolute atomic E-state index is 12.4. The summed E-state index contributed by atoms with van der Waals surface area (Å²) in [6.07, 6.45) is 1.37. The first-order valence-corrected chi connectivity index (χ1v) is 7.05. The van der Waals surface area contributed by atoms with E-state index in [1.165, 1.54) is 12.2 Å². The number of rotatable bonds is 4. The van der Waals surface area contributed by atoms with Gasteiger partial charge in [0.15, 0.2) is 0 Å². The summed E-state index contributed by atoms with van der Waals surface area (Å²) in [7, 11) is 1.35. The van der Waals surface area contributed by atoms with E-state index in [-0.39, 0.29) is 18.0 Å². The standard InChI is InChI=1S/C15H18N2O4/c1-20-14(18)13-8-7-12-9-16(13)15(19)17(12)21-10-11-5-3-2-4-6-11/h2-6,12-13H,7-10H2,1H3/t12-,13-/m1/s1. The van der Waals surface area contributed by atoms with Crippen LogP contribution in [0.25, 0.3) is 0 Å². The molecule has 2 atom stereocenters. The maximum atomic E-state index is 12.4. The Morgan fingerprint density at radius 1 is 1.29 bits per heavy atom. The predicted octanol–water partition coefficient (Wildman–Crippen LogP) is 1.56. The van der Waals surface area contributed by atoms with E-state index in [1.54, 1.807) is 4.90 Å². The topological polar surface area (TPSA) is 59.1 Å². The summed E-state index contributed by atoms with van der Waals surface area (Å²) in [5.74, 6) is -0.355. The number of ether oxygens (including phenoxy) is 1. The zero-order valence-corrected chi connectivity index (χ0v) is 11.9. The molecule has 0 aliphatic carbocycles. The maximum Gasteiger partial charge on any atom is 0.345 e. The van der Waals surface area contributed by atoms with Crippen molar-refractivity contribution in [2.24, 2.45) is 0 Å². The van der Waals surface area contributed by atoms with Crippen molar-refractivity contribution in [2.45, 2.75) is 31.5 Å². The van der Waals surface area contributed by atoms with Crippen molar-refractivity contribution in [2.75, 3.05) is 13.7 Å². The lowest BCUT2D eigenvalue weighted by atomic mass is 10.0. The number of amides is 2. The molecule has 2 heterocycles. The first-order valence-electron chi connectivity index (χ1n) is 7.05. The highest BCUT2D eigenvalue weighted by molar-refractivity contribution is 5.85. The Morgan fingerprint density at radius 3 is 2.76 bits per heavy atom. The molecule has 2 aliphatic rings. The fraction of sp³-hybridized carbons (Fsp3) is 0.467. The van der Waals surface area contributed by atoms with E-state index in [1.807, 2.05) is 30.3 Å². The molecule has 112 valence electrons. The van der Waals surface area contributed by atoms with E-state index in [4.69, 9.17) is 9.57 Å². The number of nitrogens with zero attached hydrogens (tertiary/aromatic N) is 2. The van der Waals surface area contributed by atoms with Gasteiger partial charge < -0.3 is 9.64 Å². The lowest BCUT2D eigenvalue weighted by Gasteiger charge is -2.27. The van der Waals surface area contributed by atoms with Gasteiger partial charge in [-0.25, -0.2) is 9.59 Å². The third-order valence-electron chi connectivity index (χ3n) is 4.01. The molecule has 3 rings (SSSR count). The van der Waals surface area contributed by atoms with E-state index >= 15 is 0 Å². The van der Waals surface area contributed by atoms with Crippen LogP contribution in [-0.2, 0) is 21.0 Å². The second-order valence-corrected chi connectivity index (χ2v) is 5.29. The van der Waals surface area contributed by atoms with Crippen LogP contribution in [0.2, 0.25) is 0 Å². The van der Waals surface area contributed by atoms with E-state index in [0.29, 0.717) is 19.6 Å². The molecular formula is C15H18N2O4. The predicted molar refractivity (Wildman–Crippen MR) is 74.0 cm³/mol. The van der Waals surface area contributed by atoms with Crippen LogP contribution in [-0.4, -0.2) is 47.7 Å². The number of piperidine rings is 1. The van der Waals surface area contributed by atoms with Crippen molar-refractivity contribution >= 4 is 12.0 Å². The molecule has 2 amide bonds. The van der Waals surface area contributed by atoms with E-state index in [2.05, 4.69) is 0 Å². The summed E-state index contributed by atoms with van der Waals surface area (Å²) < 4.78 is 4.76. The van der Waals surface area contributed by atoms with Gasteiger partial charge >= 0.3 is 12.0 Å². The van der Waals surface area contributed by atoms with Crippen LogP contribution in [0.5, 0.6) is 0 Å². The van der Waals surface area contributed by atoms with Crippen LogP contribution in [0.3, 0.4) is 0 Å². The number of esters is 1. The number of hydrogen-bond donors (Lipinski definition) is 0. The number of carbonyl (C=O) groups is 2. The first-order chi connectivity index (χ1) is 10.2. The van der Waals surface area contributed by atoms with Crippen molar-refractivity contribution in [1.82, 2.24) is 9.96 Å². The van der Waals surface area contributed by atoms with Crippen LogP contribution in [0.1, 0.15) is 18.4 Å². The molecule has 2 saturated heterocycles. The van der Waals surface area contributed by atoms with Crippen LogP contribution >= 0.6 is 0 Å². The SMILES string of the molecule is COC(=O)[C@H]1CC[C@@H]2CN1C(=O)N2OCc1ccccc1. The molecule has 1 aromatic rings. The van der Waals surface area contributed by atoms with Gasteiger partial charge in [0, 0.05) is 6.54 Å². The van der Waals surface area contributed by atoms with E-state index in [9.17, 15) is 9.59 Å². The number of methoxy groups -OCH3 is 1. The van der Waals surface area contributed by atoms with Crippen molar-refractivity contribution in [1.29, 1.82) is 0 Å². The number of hydrogen-bond acceptors (Lipinski definition) is 4. The third kappa shape index (κ3) is 2.58. The molecule has 0 radical (unpaired) electrons. The molecular weight excluding hydrogens is 272 g/mol. The van der Waals surface area contributed by atoms with Crippen LogP contribution < -0.4 is 0 Å². The molecule has 2 fully saturated rings. The molecule has 1 aromatic carbocycles. The number of benzene rings is 1. The van der Waals surface area contributed by atoms with Gasteiger partial charge in [0.2, 0.25) is 0 Å². The lowest BCUT2D eigenvalue weighted by molar-refractivity contribution is -0.146. The molecule has 2 bridgehead atoms. The van der Waals surface area contributed by atoms with Gasteiger partial charge in [-0.2, -0.15) is 5.06 Å². The van der Waals surface area contributed by atoms with Crippen LogP contribution in [0, 0.1) is 0 Å². The van der Waals surface area contributed by atoms with Gasteiger partial charge in [-0.05, 0) is 18.4 Å². The molecule has 0 N–H and O–H groups in total. The molecule has 2 aliphatic heterocycles. The molecule has 6 heteroatoms. The summed E-state index contributed by atoms with van der Waals surface area (Å²) in [6.45, 7) is 0.868. The Labute approximate surface area is 123 Å². The highest BCUT2D eigenvalue weighted by atomic mass is 16.7. The molecule has 0 saturated carbocycles. The van der Waals surface area contributed by atoms with Crippen molar-refractivity contribution < 1.29 is 19.2 Å². The largest absolute Gasteiger partial charge is 0.467 e. The number of hydroxylamine groups is 2. The molecule has 0 aromatic heterocycles. The quantitative estimate of drug-likeness (QED) is 0.790. The average Bonchev–Trinajstić information content (AvgIpc) is 2.77. The van der Waals surface area contributed by atoms with Crippen LogP contribution in [0.15, 0.2) is 30.3 Å². The highest BCUT2D eigenvalue weighted by Gasteiger charge is 2.48. The van der Waals surface area contributed by atoms with E-state index in [0.717, 1.165) is 12.0 Å². The number of carbonyl (C=O) groups excluding carboxylic acids is 2. The second kappa shape index (κ2) is 5.73. The van der Waals surface area contributed by atoms with Gasteiger partial charge in [-0.3, -0.25) is 4.84 Å². The normalized spacial score (nSPS) is 24.3. The second-order valence-electron chi connectivity index (χ2n) is 5.29. The number of fused-ring (bicyclic) bond motifs is 2. The monoisotopic (exact) mass is 290 g/mol. The van der Waals surface area contributed by atoms with Crippen molar-refractivity contribution in [3.63, 3.8) is 0 Å². The number of urea groups is 1. The summed E-state index contributed by atoms with van der Waals surface area (Å²) in [5, 5.41) is 1.41.